The maximum absolute atomic E-state index is 11.7. The van der Waals surface area contributed by atoms with Gasteiger partial charge >= 0.3 is 0 Å². The van der Waals surface area contributed by atoms with Gasteiger partial charge in [-0.05, 0) is 24.2 Å². The van der Waals surface area contributed by atoms with E-state index in [1.165, 1.54) is 6.42 Å². The Morgan fingerprint density at radius 2 is 2.25 bits per heavy atom. The SMILES string of the molecule is C[C@]12CC[C@@H](CC1=O)[C@@]2(C)CBr. The van der Waals surface area contributed by atoms with Crippen LogP contribution in [0.4, 0.5) is 0 Å². The highest BCUT2D eigenvalue weighted by Crippen LogP contribution is 2.64. The van der Waals surface area contributed by atoms with E-state index in [1.807, 2.05) is 0 Å². The van der Waals surface area contributed by atoms with Gasteiger partial charge in [0.25, 0.3) is 0 Å². The standard InChI is InChI=1S/C10H15BrO/c1-9-4-3-7(5-8(9)12)10(9,2)6-11/h7H,3-6H2,1-2H3/t7-,9-,10+/m0/s1. The Morgan fingerprint density at radius 1 is 1.58 bits per heavy atom. The maximum atomic E-state index is 11.7. The van der Waals surface area contributed by atoms with Crippen molar-refractivity contribution in [2.75, 3.05) is 5.33 Å². The predicted molar refractivity (Wildman–Crippen MR) is 52.4 cm³/mol. The molecule has 0 heterocycles. The third-order valence-corrected chi connectivity index (χ3v) is 5.64. The summed E-state index contributed by atoms with van der Waals surface area (Å²) in [5, 5.41) is 0.979. The van der Waals surface area contributed by atoms with Crippen LogP contribution >= 0.6 is 15.9 Å². The number of Topliss-reactive ketones (excluding diaryl/α,β-unsaturated/α-hetero) is 1. The molecule has 2 rings (SSSR count). The Balaban J connectivity index is 2.44. The van der Waals surface area contributed by atoms with Crippen molar-refractivity contribution in [1.29, 1.82) is 0 Å². The van der Waals surface area contributed by atoms with Crippen LogP contribution in [0, 0.1) is 16.7 Å². The summed E-state index contributed by atoms with van der Waals surface area (Å²) < 4.78 is 0. The average molecular weight is 231 g/mol. The fourth-order valence-corrected chi connectivity index (χ4v) is 4.09. The smallest absolute Gasteiger partial charge is 0.139 e. The summed E-state index contributed by atoms with van der Waals surface area (Å²) in [4.78, 5) is 11.7. The summed E-state index contributed by atoms with van der Waals surface area (Å²) in [7, 11) is 0. The third-order valence-electron chi connectivity index (χ3n) is 4.48. The first kappa shape index (κ1) is 8.74. The van der Waals surface area contributed by atoms with E-state index >= 15 is 0 Å². The van der Waals surface area contributed by atoms with Crippen LogP contribution in [0.15, 0.2) is 0 Å². The van der Waals surface area contributed by atoms with Crippen molar-refractivity contribution < 1.29 is 4.79 Å². The molecule has 0 aromatic carbocycles. The molecule has 0 aliphatic heterocycles. The molecule has 2 aliphatic carbocycles. The Kier molecular flexibility index (Phi) is 1.70. The van der Waals surface area contributed by atoms with E-state index in [0.717, 1.165) is 18.2 Å². The monoisotopic (exact) mass is 230 g/mol. The highest BCUT2D eigenvalue weighted by molar-refractivity contribution is 9.09. The van der Waals surface area contributed by atoms with Crippen LogP contribution in [0.3, 0.4) is 0 Å². The van der Waals surface area contributed by atoms with E-state index < -0.39 is 0 Å². The van der Waals surface area contributed by atoms with Gasteiger partial charge in [-0.1, -0.05) is 29.8 Å². The van der Waals surface area contributed by atoms with Crippen LogP contribution < -0.4 is 0 Å². The Bertz CT molecular complexity index is 238. The summed E-state index contributed by atoms with van der Waals surface area (Å²) >= 11 is 3.56. The fraction of sp³-hybridized carbons (Fsp3) is 0.900. The minimum atomic E-state index is -0.0127. The second-order valence-corrected chi connectivity index (χ2v) is 5.31. The predicted octanol–water partition coefficient (Wildman–Crippen LogP) is 2.78. The minimum Gasteiger partial charge on any atom is -0.299 e. The van der Waals surface area contributed by atoms with Gasteiger partial charge in [0.1, 0.15) is 5.78 Å². The van der Waals surface area contributed by atoms with Crippen molar-refractivity contribution >= 4 is 21.7 Å². The Labute approximate surface area is 82.0 Å². The van der Waals surface area contributed by atoms with Crippen LogP contribution in [0.1, 0.15) is 33.1 Å². The molecule has 2 saturated carbocycles. The van der Waals surface area contributed by atoms with Gasteiger partial charge in [0.15, 0.2) is 0 Å². The highest BCUT2D eigenvalue weighted by Gasteiger charge is 2.63. The first-order valence-corrected chi connectivity index (χ1v) is 5.76. The number of hydrogen-bond acceptors (Lipinski definition) is 1. The quantitative estimate of drug-likeness (QED) is 0.634. The molecule has 0 saturated heterocycles. The second kappa shape index (κ2) is 2.34. The Morgan fingerprint density at radius 3 is 2.50 bits per heavy atom. The molecule has 68 valence electrons. The number of halogens is 1. The van der Waals surface area contributed by atoms with Crippen LogP contribution in [-0.4, -0.2) is 11.1 Å². The number of fused-ring (bicyclic) bond motifs is 2. The van der Waals surface area contributed by atoms with Crippen LogP contribution in [0.25, 0.3) is 0 Å². The van der Waals surface area contributed by atoms with E-state index in [-0.39, 0.29) is 10.8 Å². The first-order chi connectivity index (χ1) is 5.54. The van der Waals surface area contributed by atoms with Gasteiger partial charge in [-0.15, -0.1) is 0 Å². The number of carbonyl (C=O) groups excluding carboxylic acids is 1. The van der Waals surface area contributed by atoms with Crippen LogP contribution in [-0.2, 0) is 4.79 Å². The summed E-state index contributed by atoms with van der Waals surface area (Å²) in [6.45, 7) is 4.42. The molecule has 0 radical (unpaired) electrons. The molecule has 2 fully saturated rings. The molecule has 12 heavy (non-hydrogen) atoms. The number of carbonyl (C=O) groups is 1. The Hall–Kier alpha value is 0.150. The molecule has 1 nitrogen and oxygen atoms in total. The lowest BCUT2D eigenvalue weighted by atomic mass is 9.70. The van der Waals surface area contributed by atoms with Gasteiger partial charge in [-0.3, -0.25) is 4.79 Å². The number of hydrogen-bond donors (Lipinski definition) is 0. The average Bonchev–Trinajstić information content (AvgIpc) is 2.39. The zero-order chi connectivity index (χ0) is 8.98. The largest absolute Gasteiger partial charge is 0.299 e. The molecule has 2 bridgehead atoms. The van der Waals surface area contributed by atoms with Crippen molar-refractivity contribution in [2.45, 2.75) is 33.1 Å². The van der Waals surface area contributed by atoms with Crippen molar-refractivity contribution in [2.24, 2.45) is 16.7 Å². The molecule has 2 heteroatoms. The highest BCUT2D eigenvalue weighted by atomic mass is 79.9. The van der Waals surface area contributed by atoms with Gasteiger partial charge < -0.3 is 0 Å². The summed E-state index contributed by atoms with van der Waals surface area (Å²) in [5.41, 5.74) is 0.227. The fourth-order valence-electron chi connectivity index (χ4n) is 3.01. The molecule has 2 aliphatic rings. The van der Waals surface area contributed by atoms with E-state index in [9.17, 15) is 4.79 Å². The first-order valence-electron chi connectivity index (χ1n) is 4.64. The van der Waals surface area contributed by atoms with Crippen molar-refractivity contribution in [3.05, 3.63) is 0 Å². The minimum absolute atomic E-state index is 0.0127. The van der Waals surface area contributed by atoms with E-state index in [2.05, 4.69) is 29.8 Å². The van der Waals surface area contributed by atoms with Gasteiger partial charge in [0.05, 0.1) is 0 Å². The van der Waals surface area contributed by atoms with Crippen molar-refractivity contribution in [3.8, 4) is 0 Å². The normalized spacial score (nSPS) is 51.9. The van der Waals surface area contributed by atoms with Crippen molar-refractivity contribution in [1.82, 2.24) is 0 Å². The number of ketones is 1. The van der Waals surface area contributed by atoms with Crippen LogP contribution in [0.2, 0.25) is 0 Å². The molecule has 0 aromatic rings. The van der Waals surface area contributed by atoms with E-state index in [4.69, 9.17) is 0 Å². The van der Waals surface area contributed by atoms with Gasteiger partial charge in [-0.25, -0.2) is 0 Å². The number of alkyl halides is 1. The van der Waals surface area contributed by atoms with E-state index in [1.54, 1.807) is 0 Å². The summed E-state index contributed by atoms with van der Waals surface area (Å²) in [6.07, 6.45) is 3.20. The zero-order valence-electron chi connectivity index (χ0n) is 7.69. The van der Waals surface area contributed by atoms with Gasteiger partial charge in [0.2, 0.25) is 0 Å². The van der Waals surface area contributed by atoms with E-state index in [0.29, 0.717) is 11.7 Å². The lowest BCUT2D eigenvalue weighted by Crippen LogP contribution is -2.36. The molecule has 0 unspecified atom stereocenters. The van der Waals surface area contributed by atoms with Gasteiger partial charge in [-0.2, -0.15) is 0 Å². The topological polar surface area (TPSA) is 17.1 Å². The molecule has 0 amide bonds. The molecule has 0 aromatic heterocycles. The molecular formula is C10H15BrO. The summed E-state index contributed by atoms with van der Waals surface area (Å²) in [6, 6.07) is 0. The number of rotatable bonds is 1. The molecule has 3 atom stereocenters. The lowest BCUT2D eigenvalue weighted by molar-refractivity contribution is -0.128. The lowest BCUT2D eigenvalue weighted by Gasteiger charge is -2.34. The summed E-state index contributed by atoms with van der Waals surface area (Å²) in [5.74, 6) is 1.15. The van der Waals surface area contributed by atoms with Gasteiger partial charge in [0, 0.05) is 17.2 Å². The van der Waals surface area contributed by atoms with Crippen LogP contribution in [0.5, 0.6) is 0 Å². The molecule has 0 spiro atoms. The molecule has 0 N–H and O–H groups in total. The van der Waals surface area contributed by atoms with Crippen molar-refractivity contribution in [3.63, 3.8) is 0 Å². The zero-order valence-corrected chi connectivity index (χ0v) is 9.28. The third kappa shape index (κ3) is 0.729. The molecular weight excluding hydrogens is 216 g/mol. The second-order valence-electron chi connectivity index (χ2n) is 4.75. The maximum Gasteiger partial charge on any atom is 0.139 e.